The molecule has 0 aliphatic rings. The van der Waals surface area contributed by atoms with E-state index in [0.29, 0.717) is 11.3 Å². The quantitative estimate of drug-likeness (QED) is 0.646. The van der Waals surface area contributed by atoms with Crippen molar-refractivity contribution in [2.75, 3.05) is 5.73 Å². The van der Waals surface area contributed by atoms with E-state index in [1.54, 1.807) is 6.20 Å². The molecule has 0 unspecified atom stereocenters. The van der Waals surface area contributed by atoms with Crippen molar-refractivity contribution in [2.24, 2.45) is 0 Å². The molecule has 0 radical (unpaired) electrons. The van der Waals surface area contributed by atoms with Crippen molar-refractivity contribution in [3.05, 3.63) is 23.5 Å². The topological polar surface area (TPSA) is 62.7 Å². The molecule has 0 atom stereocenters. The number of nitriles is 1. The van der Waals surface area contributed by atoms with Gasteiger partial charge in [0.1, 0.15) is 6.07 Å². The summed E-state index contributed by atoms with van der Waals surface area (Å²) < 4.78 is 0. The molecule has 3 heteroatoms. The van der Waals surface area contributed by atoms with E-state index >= 15 is 0 Å². The Labute approximate surface area is 65.5 Å². The average Bonchev–Trinajstić information content (AvgIpc) is 2.05. The summed E-state index contributed by atoms with van der Waals surface area (Å²) in [7, 11) is 0. The van der Waals surface area contributed by atoms with Crippen molar-refractivity contribution >= 4 is 5.69 Å². The van der Waals surface area contributed by atoms with Crippen molar-refractivity contribution < 1.29 is 0 Å². The van der Waals surface area contributed by atoms with Gasteiger partial charge in [0.25, 0.3) is 0 Å². The molecule has 1 aromatic heterocycles. The minimum absolute atomic E-state index is 0.462. The van der Waals surface area contributed by atoms with Crippen LogP contribution in [0.3, 0.4) is 0 Å². The molecule has 0 aromatic carbocycles. The first kappa shape index (κ1) is 7.55. The third kappa shape index (κ3) is 1.30. The van der Waals surface area contributed by atoms with Crippen LogP contribution in [0.1, 0.15) is 18.1 Å². The lowest BCUT2D eigenvalue weighted by Gasteiger charge is -2.01. The zero-order valence-corrected chi connectivity index (χ0v) is 6.33. The number of aromatic nitrogens is 1. The van der Waals surface area contributed by atoms with Crippen LogP contribution in [0.25, 0.3) is 0 Å². The first-order valence-electron chi connectivity index (χ1n) is 3.42. The molecular formula is C8H9N3. The van der Waals surface area contributed by atoms with Gasteiger partial charge in [-0.25, -0.2) is 0 Å². The van der Waals surface area contributed by atoms with E-state index in [4.69, 9.17) is 11.0 Å². The maximum atomic E-state index is 8.57. The van der Waals surface area contributed by atoms with Crippen LogP contribution >= 0.6 is 0 Å². The van der Waals surface area contributed by atoms with Crippen LogP contribution in [-0.2, 0) is 6.42 Å². The molecule has 0 saturated carbocycles. The van der Waals surface area contributed by atoms with Gasteiger partial charge in [0.15, 0.2) is 0 Å². The van der Waals surface area contributed by atoms with Crippen molar-refractivity contribution in [3.63, 3.8) is 0 Å². The number of pyridine rings is 1. The van der Waals surface area contributed by atoms with Gasteiger partial charge >= 0.3 is 0 Å². The van der Waals surface area contributed by atoms with Gasteiger partial charge in [-0.2, -0.15) is 5.26 Å². The normalized spacial score (nSPS) is 9.09. The Bertz CT molecular complexity index is 299. The van der Waals surface area contributed by atoms with Crippen molar-refractivity contribution in [3.8, 4) is 6.07 Å². The van der Waals surface area contributed by atoms with E-state index in [2.05, 4.69) is 4.98 Å². The molecule has 0 spiro atoms. The number of rotatable bonds is 1. The fraction of sp³-hybridized carbons (Fsp3) is 0.250. The number of aryl methyl sites for hydroxylation is 1. The minimum Gasteiger partial charge on any atom is -0.397 e. The minimum atomic E-state index is 0.462. The first-order valence-corrected chi connectivity index (χ1v) is 3.42. The summed E-state index contributed by atoms with van der Waals surface area (Å²) >= 11 is 0. The van der Waals surface area contributed by atoms with Gasteiger partial charge in [0.2, 0.25) is 0 Å². The largest absolute Gasteiger partial charge is 0.397 e. The Morgan fingerprint density at radius 2 is 2.36 bits per heavy atom. The number of hydrogen-bond acceptors (Lipinski definition) is 3. The maximum absolute atomic E-state index is 8.57. The highest BCUT2D eigenvalue weighted by Gasteiger charge is 2.01. The lowest BCUT2D eigenvalue weighted by Crippen LogP contribution is -1.97. The number of anilines is 1. The van der Waals surface area contributed by atoms with Crippen LogP contribution in [0.15, 0.2) is 12.4 Å². The van der Waals surface area contributed by atoms with Gasteiger partial charge in [0, 0.05) is 12.4 Å². The highest BCUT2D eigenvalue weighted by molar-refractivity contribution is 5.57. The van der Waals surface area contributed by atoms with Gasteiger partial charge in [-0.3, -0.25) is 4.98 Å². The zero-order chi connectivity index (χ0) is 8.27. The summed E-state index contributed by atoms with van der Waals surface area (Å²) in [6, 6.07) is 1.98. The predicted molar refractivity (Wildman–Crippen MR) is 42.7 cm³/mol. The predicted octanol–water partition coefficient (Wildman–Crippen LogP) is 1.10. The van der Waals surface area contributed by atoms with Gasteiger partial charge in [-0.1, -0.05) is 6.92 Å². The van der Waals surface area contributed by atoms with Gasteiger partial charge in [-0.05, 0) is 12.0 Å². The molecule has 0 fully saturated rings. The molecule has 56 valence electrons. The Kier molecular flexibility index (Phi) is 2.07. The van der Waals surface area contributed by atoms with Crippen LogP contribution in [-0.4, -0.2) is 4.98 Å². The van der Waals surface area contributed by atoms with Crippen LogP contribution in [0, 0.1) is 11.3 Å². The van der Waals surface area contributed by atoms with Crippen LogP contribution in [0.2, 0.25) is 0 Å². The Morgan fingerprint density at radius 3 is 2.91 bits per heavy atom. The summed E-state index contributed by atoms with van der Waals surface area (Å²) in [4.78, 5) is 3.88. The molecule has 3 nitrogen and oxygen atoms in total. The van der Waals surface area contributed by atoms with Gasteiger partial charge < -0.3 is 5.73 Å². The average molecular weight is 147 g/mol. The standard InChI is InChI=1S/C8H9N3/c1-2-6-4-11-5-7(3-9)8(6)10/h4-5H,2H2,1H3,(H2,10,11). The fourth-order valence-corrected chi connectivity index (χ4v) is 0.885. The van der Waals surface area contributed by atoms with Gasteiger partial charge in [0.05, 0.1) is 11.3 Å². The lowest BCUT2D eigenvalue weighted by molar-refractivity contribution is 1.10. The molecule has 0 saturated heterocycles. The van der Waals surface area contributed by atoms with E-state index in [1.807, 2.05) is 13.0 Å². The lowest BCUT2D eigenvalue weighted by atomic mass is 10.1. The number of nitrogens with two attached hydrogens (primary N) is 1. The second-order valence-electron chi connectivity index (χ2n) is 2.23. The maximum Gasteiger partial charge on any atom is 0.103 e. The summed E-state index contributed by atoms with van der Waals surface area (Å²) in [5.74, 6) is 0. The van der Waals surface area contributed by atoms with Gasteiger partial charge in [-0.15, -0.1) is 0 Å². The second kappa shape index (κ2) is 3.02. The molecule has 0 bridgehead atoms. The highest BCUT2D eigenvalue weighted by atomic mass is 14.7. The van der Waals surface area contributed by atoms with E-state index < -0.39 is 0 Å². The molecular weight excluding hydrogens is 138 g/mol. The van der Waals surface area contributed by atoms with Crippen molar-refractivity contribution in [2.45, 2.75) is 13.3 Å². The molecule has 2 N–H and O–H groups in total. The Balaban J connectivity index is 3.23. The molecule has 0 amide bonds. The number of nitrogen functional groups attached to an aromatic ring is 1. The zero-order valence-electron chi connectivity index (χ0n) is 6.33. The van der Waals surface area contributed by atoms with E-state index in [9.17, 15) is 0 Å². The summed E-state index contributed by atoms with van der Waals surface area (Å²) in [6.45, 7) is 1.98. The van der Waals surface area contributed by atoms with Crippen LogP contribution < -0.4 is 5.73 Å². The molecule has 1 aromatic rings. The molecule has 11 heavy (non-hydrogen) atoms. The molecule has 0 aliphatic carbocycles. The summed E-state index contributed by atoms with van der Waals surface area (Å²) in [5.41, 5.74) is 7.60. The number of nitrogens with zero attached hydrogens (tertiary/aromatic N) is 2. The van der Waals surface area contributed by atoms with Crippen molar-refractivity contribution in [1.29, 1.82) is 5.26 Å². The number of hydrogen-bond donors (Lipinski definition) is 1. The highest BCUT2D eigenvalue weighted by Crippen LogP contribution is 2.14. The third-order valence-electron chi connectivity index (χ3n) is 1.57. The monoisotopic (exact) mass is 147 g/mol. The smallest absolute Gasteiger partial charge is 0.103 e. The Hall–Kier alpha value is -1.56. The van der Waals surface area contributed by atoms with Crippen LogP contribution in [0.4, 0.5) is 5.69 Å². The molecule has 1 heterocycles. The van der Waals surface area contributed by atoms with E-state index in [0.717, 1.165) is 12.0 Å². The molecule has 1 rings (SSSR count). The van der Waals surface area contributed by atoms with Crippen molar-refractivity contribution in [1.82, 2.24) is 4.98 Å². The first-order chi connectivity index (χ1) is 5.29. The SMILES string of the molecule is CCc1cncc(C#N)c1N. The Morgan fingerprint density at radius 1 is 1.64 bits per heavy atom. The summed E-state index contributed by atoms with van der Waals surface area (Å²) in [6.07, 6.45) is 3.99. The van der Waals surface area contributed by atoms with Crippen LogP contribution in [0.5, 0.6) is 0 Å². The van der Waals surface area contributed by atoms with E-state index in [-0.39, 0.29) is 0 Å². The van der Waals surface area contributed by atoms with E-state index in [1.165, 1.54) is 6.20 Å². The fourth-order valence-electron chi connectivity index (χ4n) is 0.885. The molecule has 0 aliphatic heterocycles. The summed E-state index contributed by atoms with van der Waals surface area (Å²) in [5, 5.41) is 8.57. The second-order valence-corrected chi connectivity index (χ2v) is 2.23. The third-order valence-corrected chi connectivity index (χ3v) is 1.57.